The molecule has 3 aromatic rings. The minimum absolute atomic E-state index is 0.212. The molecule has 0 spiro atoms. The number of rotatable bonds is 5. The number of aromatic nitrogens is 4. The van der Waals surface area contributed by atoms with E-state index in [-0.39, 0.29) is 25.0 Å². The van der Waals surface area contributed by atoms with Crippen molar-refractivity contribution >= 4 is 18.8 Å². The minimum atomic E-state index is -0.339. The Bertz CT molecular complexity index is 988. The van der Waals surface area contributed by atoms with Crippen LogP contribution in [-0.4, -0.2) is 67.2 Å². The Morgan fingerprint density at radius 3 is 2.24 bits per heavy atom. The van der Waals surface area contributed by atoms with E-state index >= 15 is 0 Å². The number of carboxylic acid groups (broad SMARTS) is 2. The minimum Gasteiger partial charge on any atom is -0.483 e. The lowest BCUT2D eigenvalue weighted by molar-refractivity contribution is -0.123. The van der Waals surface area contributed by atoms with E-state index in [0.717, 1.165) is 42.3 Å². The summed E-state index contributed by atoms with van der Waals surface area (Å²) in [6, 6.07) is 10.3. The van der Waals surface area contributed by atoms with Crippen LogP contribution in [0.5, 0.6) is 0 Å². The molecule has 0 aromatic carbocycles. The molecule has 0 aliphatic carbocycles. The summed E-state index contributed by atoms with van der Waals surface area (Å²) in [7, 11) is 0. The largest absolute Gasteiger partial charge is 0.483 e. The maximum absolute atomic E-state index is 10.5. The Labute approximate surface area is 192 Å². The monoisotopic (exact) mass is 455 g/mol. The van der Waals surface area contributed by atoms with Gasteiger partial charge in [-0.2, -0.15) is 5.10 Å². The molecule has 4 rings (SSSR count). The van der Waals surface area contributed by atoms with Crippen LogP contribution in [-0.2, 0) is 22.6 Å². The third-order valence-corrected chi connectivity index (χ3v) is 5.22. The first kappa shape index (κ1) is 25.5. The average molecular weight is 456 g/mol. The third-order valence-electron chi connectivity index (χ3n) is 5.22. The number of anilines is 1. The number of hydrogen-bond acceptors (Lipinski definition) is 7. The molecule has 176 valence electrons. The SMILES string of the molecule is Cc1cc(C)n(Cc2ccc(N3C[C@@H](Cc4ccncc4)[C@H](O)C3)nc2)n1.O=CO.O=CO. The predicted octanol–water partition coefficient (Wildman–Crippen LogP) is 1.78. The smallest absolute Gasteiger partial charge is 0.290 e. The molecule has 0 unspecified atom stereocenters. The van der Waals surface area contributed by atoms with Crippen molar-refractivity contribution in [2.24, 2.45) is 5.92 Å². The summed E-state index contributed by atoms with van der Waals surface area (Å²) in [6.07, 6.45) is 6.04. The van der Waals surface area contributed by atoms with Gasteiger partial charge in [0, 0.05) is 43.3 Å². The number of aliphatic hydroxyl groups excluding tert-OH is 1. The zero-order chi connectivity index (χ0) is 24.2. The standard InChI is InChI=1S/C21H25N5O.2CH2O2/c1-15-9-16(2)26(24-15)12-18-3-4-21(23-11-18)25-13-19(20(27)14-25)10-17-5-7-22-8-6-17;2*2-1-3/h3-9,11,19-20,27H,10,12-14H2,1-2H3;2*1H,(H,2,3)/t19-,20-;;/m1../s1. The van der Waals surface area contributed by atoms with Crippen LogP contribution in [0.3, 0.4) is 0 Å². The second-order valence-corrected chi connectivity index (χ2v) is 7.61. The number of nitrogens with zero attached hydrogens (tertiary/aromatic N) is 5. The van der Waals surface area contributed by atoms with Gasteiger partial charge in [-0.1, -0.05) is 6.07 Å². The highest BCUT2D eigenvalue weighted by Crippen LogP contribution is 2.25. The van der Waals surface area contributed by atoms with Crippen LogP contribution in [0.1, 0.15) is 22.5 Å². The molecule has 33 heavy (non-hydrogen) atoms. The number of aliphatic hydroxyl groups is 1. The van der Waals surface area contributed by atoms with E-state index in [1.165, 1.54) is 5.56 Å². The van der Waals surface area contributed by atoms with Gasteiger partial charge in [0.25, 0.3) is 12.9 Å². The van der Waals surface area contributed by atoms with Gasteiger partial charge in [0.2, 0.25) is 0 Å². The van der Waals surface area contributed by atoms with Crippen LogP contribution in [0.4, 0.5) is 5.82 Å². The Kier molecular flexibility index (Phi) is 9.97. The first-order chi connectivity index (χ1) is 15.9. The van der Waals surface area contributed by atoms with E-state index in [1.807, 2.05) is 36.0 Å². The van der Waals surface area contributed by atoms with Crippen LogP contribution in [0.25, 0.3) is 0 Å². The fourth-order valence-corrected chi connectivity index (χ4v) is 3.77. The first-order valence-electron chi connectivity index (χ1n) is 10.3. The van der Waals surface area contributed by atoms with Crippen LogP contribution in [0.15, 0.2) is 48.9 Å². The fourth-order valence-electron chi connectivity index (χ4n) is 3.77. The molecule has 3 N–H and O–H groups in total. The van der Waals surface area contributed by atoms with Crippen molar-refractivity contribution < 1.29 is 24.9 Å². The van der Waals surface area contributed by atoms with Crippen molar-refractivity contribution in [1.82, 2.24) is 19.7 Å². The molecule has 10 heteroatoms. The maximum atomic E-state index is 10.5. The average Bonchev–Trinajstić information content (AvgIpc) is 3.31. The van der Waals surface area contributed by atoms with Gasteiger partial charge in [-0.3, -0.25) is 19.3 Å². The molecule has 0 radical (unpaired) electrons. The van der Waals surface area contributed by atoms with Gasteiger partial charge >= 0.3 is 0 Å². The van der Waals surface area contributed by atoms with E-state index in [9.17, 15) is 5.11 Å². The Hall–Kier alpha value is -3.79. The van der Waals surface area contributed by atoms with Gasteiger partial charge in [-0.15, -0.1) is 0 Å². The summed E-state index contributed by atoms with van der Waals surface area (Å²) in [5.41, 5.74) is 4.52. The normalized spacial score (nSPS) is 16.8. The number of β-amino-alcohol motifs (C(OH)–C–C–N with tert-alkyl or cyclic N) is 1. The van der Waals surface area contributed by atoms with Gasteiger partial charge in [-0.05, 0) is 55.7 Å². The Morgan fingerprint density at radius 1 is 1.03 bits per heavy atom. The molecule has 1 fully saturated rings. The zero-order valence-electron chi connectivity index (χ0n) is 18.7. The van der Waals surface area contributed by atoms with Crippen molar-refractivity contribution in [2.45, 2.75) is 32.9 Å². The van der Waals surface area contributed by atoms with Crippen molar-refractivity contribution in [3.8, 4) is 0 Å². The number of aryl methyl sites for hydroxylation is 2. The summed E-state index contributed by atoms with van der Waals surface area (Å²) in [6.45, 7) is 5.73. The third kappa shape index (κ3) is 7.69. The molecule has 0 amide bonds. The van der Waals surface area contributed by atoms with E-state index in [1.54, 1.807) is 12.4 Å². The van der Waals surface area contributed by atoms with Crippen LogP contribution in [0.2, 0.25) is 0 Å². The molecule has 2 atom stereocenters. The number of carbonyl (C=O) groups is 2. The van der Waals surface area contributed by atoms with Gasteiger partial charge in [-0.25, -0.2) is 4.98 Å². The quantitative estimate of drug-likeness (QED) is 0.491. The summed E-state index contributed by atoms with van der Waals surface area (Å²) < 4.78 is 2.00. The van der Waals surface area contributed by atoms with Crippen molar-refractivity contribution in [2.75, 3.05) is 18.0 Å². The molecule has 0 saturated carbocycles. The fraction of sp³-hybridized carbons (Fsp3) is 0.348. The van der Waals surface area contributed by atoms with E-state index in [4.69, 9.17) is 19.8 Å². The maximum Gasteiger partial charge on any atom is 0.290 e. The second kappa shape index (κ2) is 12.9. The highest BCUT2D eigenvalue weighted by molar-refractivity contribution is 5.41. The highest BCUT2D eigenvalue weighted by Gasteiger charge is 2.32. The molecule has 3 aromatic heterocycles. The van der Waals surface area contributed by atoms with Gasteiger partial charge in [0.05, 0.1) is 18.3 Å². The Morgan fingerprint density at radius 2 is 1.70 bits per heavy atom. The van der Waals surface area contributed by atoms with Crippen LogP contribution >= 0.6 is 0 Å². The molecule has 4 heterocycles. The summed E-state index contributed by atoms with van der Waals surface area (Å²) in [5.74, 6) is 1.13. The summed E-state index contributed by atoms with van der Waals surface area (Å²) in [5, 5.41) is 28.8. The second-order valence-electron chi connectivity index (χ2n) is 7.61. The zero-order valence-corrected chi connectivity index (χ0v) is 18.7. The molecular weight excluding hydrogens is 426 g/mol. The van der Waals surface area contributed by atoms with Crippen LogP contribution in [0, 0.1) is 19.8 Å². The van der Waals surface area contributed by atoms with Crippen molar-refractivity contribution in [3.63, 3.8) is 0 Å². The van der Waals surface area contributed by atoms with E-state index in [2.05, 4.69) is 39.0 Å². The topological polar surface area (TPSA) is 142 Å². The lowest BCUT2D eigenvalue weighted by Gasteiger charge is -2.17. The summed E-state index contributed by atoms with van der Waals surface area (Å²) >= 11 is 0. The number of hydrogen-bond donors (Lipinski definition) is 3. The van der Waals surface area contributed by atoms with Gasteiger partial charge < -0.3 is 20.2 Å². The molecule has 0 bridgehead atoms. The van der Waals surface area contributed by atoms with E-state index in [0.29, 0.717) is 6.54 Å². The summed E-state index contributed by atoms with van der Waals surface area (Å²) in [4.78, 5) is 27.6. The number of pyridine rings is 2. The predicted molar refractivity (Wildman–Crippen MR) is 122 cm³/mol. The highest BCUT2D eigenvalue weighted by atomic mass is 16.3. The lowest BCUT2D eigenvalue weighted by atomic mass is 9.97. The van der Waals surface area contributed by atoms with Gasteiger partial charge in [0.15, 0.2) is 0 Å². The molecule has 1 aliphatic rings. The molecular formula is C23H29N5O5. The van der Waals surface area contributed by atoms with Crippen LogP contribution < -0.4 is 4.90 Å². The van der Waals surface area contributed by atoms with Gasteiger partial charge in [0.1, 0.15) is 5.82 Å². The molecule has 1 aliphatic heterocycles. The molecule has 1 saturated heterocycles. The van der Waals surface area contributed by atoms with Crippen molar-refractivity contribution in [1.29, 1.82) is 0 Å². The van der Waals surface area contributed by atoms with E-state index < -0.39 is 0 Å². The first-order valence-corrected chi connectivity index (χ1v) is 10.3. The van der Waals surface area contributed by atoms with Crippen molar-refractivity contribution in [3.05, 3.63) is 71.4 Å². The molecule has 10 nitrogen and oxygen atoms in total. The Balaban J connectivity index is 0.000000582. The lowest BCUT2D eigenvalue weighted by Crippen LogP contribution is -2.22.